The third-order valence-electron chi connectivity index (χ3n) is 3.45. The molecule has 0 aliphatic carbocycles. The molecule has 2 heterocycles. The Morgan fingerprint density at radius 1 is 1.22 bits per heavy atom. The van der Waals surface area contributed by atoms with Crippen LogP contribution in [0.15, 0.2) is 0 Å². The maximum absolute atomic E-state index is 9.04. The fourth-order valence-electron chi connectivity index (χ4n) is 2.25. The van der Waals surface area contributed by atoms with E-state index in [9.17, 15) is 0 Å². The molecule has 0 unspecified atom stereocenters. The summed E-state index contributed by atoms with van der Waals surface area (Å²) in [5, 5.41) is 10.1. The molecule has 4 nitrogen and oxygen atoms in total. The Bertz CT molecular complexity index is 427. The van der Waals surface area contributed by atoms with Gasteiger partial charge in [0.15, 0.2) is 0 Å². The van der Waals surface area contributed by atoms with E-state index >= 15 is 0 Å². The first-order valence-corrected chi connectivity index (χ1v) is 7.41. The molecule has 2 rings (SSSR count). The maximum Gasteiger partial charge on any atom is 0.128 e. The molecule has 0 amide bonds. The summed E-state index contributed by atoms with van der Waals surface area (Å²) in [6.45, 7) is 10.8. The van der Waals surface area contributed by atoms with Gasteiger partial charge in [0.2, 0.25) is 0 Å². The highest BCUT2D eigenvalue weighted by Crippen LogP contribution is 2.20. The second-order valence-corrected chi connectivity index (χ2v) is 5.64. The predicted molar refractivity (Wildman–Crippen MR) is 73.6 cm³/mol. The molecule has 1 fully saturated rings. The Morgan fingerprint density at radius 3 is 2.39 bits per heavy atom. The molecular formula is C13H20N4S. The first-order valence-electron chi connectivity index (χ1n) is 6.60. The van der Waals surface area contributed by atoms with Crippen molar-refractivity contribution >= 4 is 11.3 Å². The summed E-state index contributed by atoms with van der Waals surface area (Å²) in [6, 6.07) is 2.25. The molecule has 0 spiro atoms. The summed E-state index contributed by atoms with van der Waals surface area (Å²) in [5.74, 6) is 0. The van der Waals surface area contributed by atoms with Crippen LogP contribution in [0.5, 0.6) is 0 Å². The lowest BCUT2D eigenvalue weighted by atomic mass is 10.3. The lowest BCUT2D eigenvalue weighted by molar-refractivity contribution is 0.132. The summed E-state index contributed by atoms with van der Waals surface area (Å²) < 4.78 is 0. The first kappa shape index (κ1) is 13.5. The van der Waals surface area contributed by atoms with Gasteiger partial charge in [0.05, 0.1) is 12.2 Å². The summed E-state index contributed by atoms with van der Waals surface area (Å²) in [4.78, 5) is 10.3. The van der Waals surface area contributed by atoms with Crippen molar-refractivity contribution in [2.45, 2.75) is 26.8 Å². The van der Waals surface area contributed by atoms with E-state index in [-0.39, 0.29) is 0 Å². The largest absolute Gasteiger partial charge is 0.301 e. The summed E-state index contributed by atoms with van der Waals surface area (Å²) in [7, 11) is 0. The van der Waals surface area contributed by atoms with Crippen LogP contribution in [-0.2, 0) is 13.0 Å². The number of thiazole rings is 1. The normalized spacial score (nSPS) is 17.8. The molecular weight excluding hydrogens is 244 g/mol. The van der Waals surface area contributed by atoms with Crippen LogP contribution in [0.25, 0.3) is 0 Å². The minimum atomic E-state index is 0.791. The summed E-state index contributed by atoms with van der Waals surface area (Å²) >= 11 is 1.56. The lowest BCUT2D eigenvalue weighted by Crippen LogP contribution is -2.45. The molecule has 0 atom stereocenters. The molecule has 0 saturated carbocycles. The minimum Gasteiger partial charge on any atom is -0.301 e. The average Bonchev–Trinajstić information content (AvgIpc) is 2.81. The quantitative estimate of drug-likeness (QED) is 0.830. The smallest absolute Gasteiger partial charge is 0.128 e. The molecule has 1 saturated heterocycles. The number of hydrogen-bond acceptors (Lipinski definition) is 5. The molecule has 1 aromatic rings. The zero-order valence-electron chi connectivity index (χ0n) is 11.1. The van der Waals surface area contributed by atoms with E-state index in [1.165, 1.54) is 0 Å². The van der Waals surface area contributed by atoms with Crippen molar-refractivity contribution in [3.05, 3.63) is 15.6 Å². The molecule has 98 valence electrons. The fourth-order valence-corrected chi connectivity index (χ4v) is 3.24. The van der Waals surface area contributed by atoms with Crippen molar-refractivity contribution in [2.24, 2.45) is 0 Å². The van der Waals surface area contributed by atoms with E-state index in [1.807, 2.05) is 0 Å². The molecule has 1 aliphatic rings. The molecule has 0 bridgehead atoms. The van der Waals surface area contributed by atoms with Crippen LogP contribution in [0, 0.1) is 11.3 Å². The van der Waals surface area contributed by atoms with Crippen LogP contribution in [0.2, 0.25) is 0 Å². The van der Waals surface area contributed by atoms with Gasteiger partial charge < -0.3 is 4.90 Å². The highest BCUT2D eigenvalue weighted by Gasteiger charge is 2.17. The third-order valence-corrected chi connectivity index (χ3v) is 4.44. The molecule has 0 aromatic carbocycles. The zero-order chi connectivity index (χ0) is 13.0. The van der Waals surface area contributed by atoms with Gasteiger partial charge in [-0.15, -0.1) is 11.3 Å². The lowest BCUT2D eigenvalue weighted by Gasteiger charge is -2.33. The second kappa shape index (κ2) is 6.28. The van der Waals surface area contributed by atoms with E-state index in [4.69, 9.17) is 5.26 Å². The van der Waals surface area contributed by atoms with Crippen LogP contribution in [0.1, 0.15) is 29.4 Å². The molecule has 1 aliphatic heterocycles. The number of piperazine rings is 1. The first-order chi connectivity index (χ1) is 8.76. The summed E-state index contributed by atoms with van der Waals surface area (Å²) in [6.07, 6.45) is 0.850. The van der Waals surface area contributed by atoms with Crippen LogP contribution < -0.4 is 0 Å². The van der Waals surface area contributed by atoms with Gasteiger partial charge in [-0.3, -0.25) is 4.90 Å². The van der Waals surface area contributed by atoms with E-state index in [1.54, 1.807) is 11.3 Å². The van der Waals surface area contributed by atoms with E-state index in [2.05, 4.69) is 34.7 Å². The SMILES string of the molecule is CCc1nc(CN2CCN(CC)CC2)sc1C#N. The number of likely N-dealkylation sites (N-methyl/N-ethyl adjacent to an activating group) is 1. The van der Waals surface area contributed by atoms with Crippen molar-refractivity contribution in [3.63, 3.8) is 0 Å². The van der Waals surface area contributed by atoms with Gasteiger partial charge in [-0.25, -0.2) is 4.98 Å². The minimum absolute atomic E-state index is 0.791. The standard InChI is InChI=1S/C13H20N4S/c1-3-11-12(9-14)18-13(15-11)10-17-7-5-16(4-2)6-8-17/h3-8,10H2,1-2H3. The predicted octanol–water partition coefficient (Wildman–Crippen LogP) is 1.71. The van der Waals surface area contributed by atoms with Crippen LogP contribution >= 0.6 is 11.3 Å². The van der Waals surface area contributed by atoms with Crippen molar-refractivity contribution in [2.75, 3.05) is 32.7 Å². The molecule has 1 aromatic heterocycles. The van der Waals surface area contributed by atoms with Crippen LogP contribution in [0.4, 0.5) is 0 Å². The molecule has 5 heteroatoms. The van der Waals surface area contributed by atoms with E-state index < -0.39 is 0 Å². The second-order valence-electron chi connectivity index (χ2n) is 4.56. The van der Waals surface area contributed by atoms with Crippen LogP contribution in [-0.4, -0.2) is 47.5 Å². The Balaban J connectivity index is 1.94. The highest BCUT2D eigenvalue weighted by atomic mass is 32.1. The number of hydrogen-bond donors (Lipinski definition) is 0. The Morgan fingerprint density at radius 2 is 1.89 bits per heavy atom. The Kier molecular flexibility index (Phi) is 4.70. The van der Waals surface area contributed by atoms with Gasteiger partial charge >= 0.3 is 0 Å². The summed E-state index contributed by atoms with van der Waals surface area (Å²) in [5.41, 5.74) is 0.963. The fraction of sp³-hybridized carbons (Fsp3) is 0.692. The number of rotatable bonds is 4. The Hall–Kier alpha value is -0.960. The van der Waals surface area contributed by atoms with Crippen molar-refractivity contribution in [1.29, 1.82) is 5.26 Å². The monoisotopic (exact) mass is 264 g/mol. The van der Waals surface area contributed by atoms with Gasteiger partial charge in [-0.05, 0) is 13.0 Å². The van der Waals surface area contributed by atoms with Crippen molar-refractivity contribution in [3.8, 4) is 6.07 Å². The van der Waals surface area contributed by atoms with Gasteiger partial charge in [-0.2, -0.15) is 5.26 Å². The van der Waals surface area contributed by atoms with E-state index in [0.29, 0.717) is 0 Å². The van der Waals surface area contributed by atoms with Gasteiger partial charge in [0.1, 0.15) is 16.0 Å². The van der Waals surface area contributed by atoms with E-state index in [0.717, 1.165) is 61.3 Å². The van der Waals surface area contributed by atoms with Crippen molar-refractivity contribution < 1.29 is 0 Å². The number of aromatic nitrogens is 1. The third kappa shape index (κ3) is 3.08. The Labute approximate surface area is 113 Å². The van der Waals surface area contributed by atoms with Gasteiger partial charge in [0, 0.05) is 26.2 Å². The molecule has 0 N–H and O–H groups in total. The topological polar surface area (TPSA) is 43.2 Å². The van der Waals surface area contributed by atoms with Crippen molar-refractivity contribution in [1.82, 2.24) is 14.8 Å². The average molecular weight is 264 g/mol. The number of nitrogens with zero attached hydrogens (tertiary/aromatic N) is 4. The van der Waals surface area contributed by atoms with Gasteiger partial charge in [-0.1, -0.05) is 13.8 Å². The highest BCUT2D eigenvalue weighted by molar-refractivity contribution is 7.12. The van der Waals surface area contributed by atoms with Crippen LogP contribution in [0.3, 0.4) is 0 Å². The number of nitriles is 1. The maximum atomic E-state index is 9.04. The molecule has 0 radical (unpaired) electrons. The molecule has 18 heavy (non-hydrogen) atoms. The zero-order valence-corrected chi connectivity index (χ0v) is 12.0. The number of aryl methyl sites for hydroxylation is 1. The van der Waals surface area contributed by atoms with Gasteiger partial charge in [0.25, 0.3) is 0 Å².